The Hall–Kier alpha value is -3.32. The maximum Gasteiger partial charge on any atom is 0.295 e. The summed E-state index contributed by atoms with van der Waals surface area (Å²) in [7, 11) is 6.98. The molecule has 7 nitrogen and oxygen atoms in total. The SMILES string of the molecule is COc1ccc(C2/C(=C(\O)c3ccccc3OC)C(=O)C(=O)N2CCCN(C)C)cc1. The fraction of sp³-hybridized carbons (Fsp3) is 0.333. The summed E-state index contributed by atoms with van der Waals surface area (Å²) in [5.41, 5.74) is 1.15. The number of ether oxygens (including phenoxy) is 2. The molecule has 0 aliphatic carbocycles. The fourth-order valence-electron chi connectivity index (χ4n) is 3.79. The van der Waals surface area contributed by atoms with Crippen LogP contribution in [-0.4, -0.2) is 68.0 Å². The molecule has 0 radical (unpaired) electrons. The lowest BCUT2D eigenvalue weighted by atomic mass is 9.95. The molecule has 2 aromatic carbocycles. The molecule has 0 bridgehead atoms. The summed E-state index contributed by atoms with van der Waals surface area (Å²) in [6, 6.07) is 13.4. The number of nitrogens with zero attached hydrogens (tertiary/aromatic N) is 2. The third-order valence-corrected chi connectivity index (χ3v) is 5.34. The highest BCUT2D eigenvalue weighted by molar-refractivity contribution is 6.46. The minimum atomic E-state index is -0.700. The summed E-state index contributed by atoms with van der Waals surface area (Å²) >= 11 is 0. The van der Waals surface area contributed by atoms with Crippen LogP contribution in [0.4, 0.5) is 0 Å². The van der Waals surface area contributed by atoms with Gasteiger partial charge in [0.15, 0.2) is 0 Å². The van der Waals surface area contributed by atoms with Crippen LogP contribution in [0.5, 0.6) is 11.5 Å². The van der Waals surface area contributed by atoms with Crippen LogP contribution >= 0.6 is 0 Å². The van der Waals surface area contributed by atoms with Crippen molar-refractivity contribution in [1.82, 2.24) is 9.80 Å². The van der Waals surface area contributed by atoms with E-state index in [1.807, 2.05) is 31.1 Å². The number of ketones is 1. The van der Waals surface area contributed by atoms with E-state index in [0.29, 0.717) is 30.0 Å². The zero-order valence-corrected chi connectivity index (χ0v) is 18.3. The lowest BCUT2D eigenvalue weighted by molar-refractivity contribution is -0.139. The van der Waals surface area contributed by atoms with Gasteiger partial charge in [0.2, 0.25) is 0 Å². The van der Waals surface area contributed by atoms with Crippen LogP contribution in [0.25, 0.3) is 5.76 Å². The van der Waals surface area contributed by atoms with Crippen LogP contribution in [0.2, 0.25) is 0 Å². The highest BCUT2D eigenvalue weighted by Crippen LogP contribution is 2.41. The fourth-order valence-corrected chi connectivity index (χ4v) is 3.79. The first-order valence-electron chi connectivity index (χ1n) is 10.1. The van der Waals surface area contributed by atoms with Crippen molar-refractivity contribution in [2.24, 2.45) is 0 Å². The molecule has 3 rings (SSSR count). The number of para-hydroxylation sites is 1. The van der Waals surface area contributed by atoms with Crippen LogP contribution in [0.3, 0.4) is 0 Å². The van der Waals surface area contributed by atoms with Gasteiger partial charge in [-0.05, 0) is 56.9 Å². The Labute approximate surface area is 182 Å². The van der Waals surface area contributed by atoms with Gasteiger partial charge >= 0.3 is 0 Å². The molecule has 0 spiro atoms. The van der Waals surface area contributed by atoms with Crippen LogP contribution in [-0.2, 0) is 9.59 Å². The quantitative estimate of drug-likeness (QED) is 0.399. The van der Waals surface area contributed by atoms with Crippen LogP contribution in [0.15, 0.2) is 54.1 Å². The van der Waals surface area contributed by atoms with Crippen molar-refractivity contribution in [3.05, 3.63) is 65.2 Å². The Balaban J connectivity index is 2.12. The van der Waals surface area contributed by atoms with E-state index in [4.69, 9.17) is 9.47 Å². The number of Topliss-reactive ketones (excluding diaryl/α,β-unsaturated/α-hetero) is 1. The van der Waals surface area contributed by atoms with Gasteiger partial charge in [-0.2, -0.15) is 0 Å². The van der Waals surface area contributed by atoms with E-state index in [2.05, 4.69) is 0 Å². The number of carbonyl (C=O) groups excluding carboxylic acids is 2. The number of hydrogen-bond donors (Lipinski definition) is 1. The Morgan fingerprint density at radius 1 is 1.03 bits per heavy atom. The van der Waals surface area contributed by atoms with E-state index >= 15 is 0 Å². The van der Waals surface area contributed by atoms with Crippen LogP contribution in [0, 0.1) is 0 Å². The van der Waals surface area contributed by atoms with E-state index in [-0.39, 0.29) is 11.3 Å². The average Bonchev–Trinajstić information content (AvgIpc) is 3.03. The number of aliphatic hydroxyl groups is 1. The number of rotatable bonds is 8. The molecule has 1 N–H and O–H groups in total. The van der Waals surface area contributed by atoms with Crippen molar-refractivity contribution in [3.63, 3.8) is 0 Å². The molecule has 1 fully saturated rings. The number of likely N-dealkylation sites (tertiary alicyclic amines) is 1. The summed E-state index contributed by atoms with van der Waals surface area (Å²) in [5.74, 6) is -0.470. The molecule has 1 atom stereocenters. The molecule has 31 heavy (non-hydrogen) atoms. The third-order valence-electron chi connectivity index (χ3n) is 5.34. The molecule has 1 amide bonds. The summed E-state index contributed by atoms with van der Waals surface area (Å²) in [6.45, 7) is 1.16. The first kappa shape index (κ1) is 22.4. The molecular formula is C24H28N2O5. The molecule has 0 aromatic heterocycles. The van der Waals surface area contributed by atoms with Gasteiger partial charge in [-0.15, -0.1) is 0 Å². The molecule has 0 saturated carbocycles. The zero-order chi connectivity index (χ0) is 22.5. The van der Waals surface area contributed by atoms with E-state index in [1.165, 1.54) is 12.0 Å². The zero-order valence-electron chi connectivity index (χ0n) is 18.3. The average molecular weight is 424 g/mol. The second kappa shape index (κ2) is 9.66. The highest BCUT2D eigenvalue weighted by Gasteiger charge is 2.46. The van der Waals surface area contributed by atoms with Gasteiger partial charge in [0.05, 0.1) is 31.4 Å². The Morgan fingerprint density at radius 3 is 2.32 bits per heavy atom. The normalized spacial score (nSPS) is 18.0. The number of aliphatic hydroxyl groups excluding tert-OH is 1. The van der Waals surface area contributed by atoms with Crippen molar-refractivity contribution in [1.29, 1.82) is 0 Å². The van der Waals surface area contributed by atoms with Gasteiger partial charge in [-0.1, -0.05) is 24.3 Å². The van der Waals surface area contributed by atoms with Gasteiger partial charge in [0.1, 0.15) is 17.3 Å². The summed E-state index contributed by atoms with van der Waals surface area (Å²) in [4.78, 5) is 29.6. The Bertz CT molecular complexity index is 982. The van der Waals surface area contributed by atoms with Gasteiger partial charge < -0.3 is 24.4 Å². The molecule has 1 heterocycles. The topological polar surface area (TPSA) is 79.3 Å². The highest BCUT2D eigenvalue weighted by atomic mass is 16.5. The predicted octanol–water partition coefficient (Wildman–Crippen LogP) is 3.08. The summed E-state index contributed by atoms with van der Waals surface area (Å²) < 4.78 is 10.6. The van der Waals surface area contributed by atoms with Crippen molar-refractivity contribution < 1.29 is 24.2 Å². The second-order valence-corrected chi connectivity index (χ2v) is 7.62. The lowest BCUT2D eigenvalue weighted by Crippen LogP contribution is -2.32. The molecule has 7 heteroatoms. The summed E-state index contributed by atoms with van der Waals surface area (Å²) in [6.07, 6.45) is 0.696. The maximum absolute atomic E-state index is 13.0. The number of carbonyl (C=O) groups is 2. The maximum atomic E-state index is 13.0. The van der Waals surface area contributed by atoms with Crippen LogP contribution < -0.4 is 9.47 Å². The number of benzene rings is 2. The van der Waals surface area contributed by atoms with E-state index in [9.17, 15) is 14.7 Å². The first-order chi connectivity index (χ1) is 14.9. The smallest absolute Gasteiger partial charge is 0.295 e. The van der Waals surface area contributed by atoms with Crippen molar-refractivity contribution in [3.8, 4) is 11.5 Å². The van der Waals surface area contributed by atoms with E-state index in [0.717, 1.165) is 12.1 Å². The number of methoxy groups -OCH3 is 2. The monoisotopic (exact) mass is 424 g/mol. The Kier molecular flexibility index (Phi) is 6.97. The van der Waals surface area contributed by atoms with Gasteiger partial charge in [-0.3, -0.25) is 9.59 Å². The molecule has 1 unspecified atom stereocenters. The van der Waals surface area contributed by atoms with Crippen LogP contribution in [0.1, 0.15) is 23.6 Å². The largest absolute Gasteiger partial charge is 0.507 e. The second-order valence-electron chi connectivity index (χ2n) is 7.62. The van der Waals surface area contributed by atoms with Crippen molar-refractivity contribution in [2.75, 3.05) is 41.4 Å². The third kappa shape index (κ3) is 4.56. The standard InChI is InChI=1S/C24H28N2O5/c1-25(2)14-7-15-26-21(16-10-12-17(30-3)13-11-16)20(23(28)24(26)29)22(27)18-8-5-6-9-19(18)31-4/h5-6,8-13,21,27H,7,14-15H2,1-4H3/b22-20+. The molecule has 164 valence electrons. The minimum absolute atomic E-state index is 0.0597. The van der Waals surface area contributed by atoms with Gasteiger partial charge in [-0.25, -0.2) is 0 Å². The van der Waals surface area contributed by atoms with E-state index < -0.39 is 17.7 Å². The van der Waals surface area contributed by atoms with E-state index in [1.54, 1.807) is 43.5 Å². The molecule has 1 aliphatic heterocycles. The number of hydrogen-bond acceptors (Lipinski definition) is 6. The summed E-state index contributed by atoms with van der Waals surface area (Å²) in [5, 5.41) is 11.2. The molecule has 1 aliphatic rings. The molecule has 1 saturated heterocycles. The van der Waals surface area contributed by atoms with Gasteiger partial charge in [0, 0.05) is 6.54 Å². The molecular weight excluding hydrogens is 396 g/mol. The predicted molar refractivity (Wildman–Crippen MR) is 118 cm³/mol. The van der Waals surface area contributed by atoms with Crippen molar-refractivity contribution in [2.45, 2.75) is 12.5 Å². The van der Waals surface area contributed by atoms with Gasteiger partial charge in [0.25, 0.3) is 11.7 Å². The lowest BCUT2D eigenvalue weighted by Gasteiger charge is -2.26. The van der Waals surface area contributed by atoms with Crippen molar-refractivity contribution >= 4 is 17.4 Å². The number of amides is 1. The molecule has 2 aromatic rings. The minimum Gasteiger partial charge on any atom is -0.507 e. The Morgan fingerprint density at radius 2 is 1.71 bits per heavy atom. The first-order valence-corrected chi connectivity index (χ1v) is 10.1.